The van der Waals surface area contributed by atoms with Gasteiger partial charge in [-0.2, -0.15) is 0 Å². The lowest BCUT2D eigenvalue weighted by Crippen LogP contribution is -2.01. The molecule has 18 heavy (non-hydrogen) atoms. The van der Waals surface area contributed by atoms with Crippen LogP contribution in [0.25, 0.3) is 0 Å². The van der Waals surface area contributed by atoms with E-state index in [0.717, 1.165) is 11.1 Å². The van der Waals surface area contributed by atoms with E-state index in [4.69, 9.17) is 16.3 Å². The van der Waals surface area contributed by atoms with Crippen molar-refractivity contribution in [3.8, 4) is 5.75 Å². The molecule has 0 aliphatic heterocycles. The number of hydrogen-bond donors (Lipinski definition) is 0. The van der Waals surface area contributed by atoms with Crippen LogP contribution in [0.4, 0.5) is 4.39 Å². The Morgan fingerprint density at radius 1 is 1.33 bits per heavy atom. The lowest BCUT2D eigenvalue weighted by Gasteiger charge is -2.11. The number of nitrogens with zero attached hydrogens (tertiary/aromatic N) is 1. The van der Waals surface area contributed by atoms with Gasteiger partial charge in [0.05, 0.1) is 5.88 Å². The van der Waals surface area contributed by atoms with Gasteiger partial charge in [-0.05, 0) is 24.6 Å². The largest absolute Gasteiger partial charge is 0.485 e. The number of ether oxygens (including phenoxy) is 1. The molecule has 2 nitrogen and oxygen atoms in total. The smallest absolute Gasteiger partial charge is 0.165 e. The first-order chi connectivity index (χ1) is 8.70. The monoisotopic (exact) mass is 265 g/mol. The number of para-hydroxylation sites is 1. The van der Waals surface area contributed by atoms with Gasteiger partial charge < -0.3 is 4.74 Å². The van der Waals surface area contributed by atoms with E-state index in [1.807, 2.05) is 13.0 Å². The zero-order valence-electron chi connectivity index (χ0n) is 9.99. The molecule has 0 radical (unpaired) electrons. The number of aryl methyl sites for hydroxylation is 1. The first-order valence-corrected chi connectivity index (χ1v) is 6.11. The van der Waals surface area contributed by atoms with Crippen LogP contribution in [0.1, 0.15) is 16.7 Å². The number of benzene rings is 1. The highest BCUT2D eigenvalue weighted by atomic mass is 35.5. The van der Waals surface area contributed by atoms with Crippen LogP contribution in [-0.2, 0) is 12.5 Å². The molecule has 0 atom stereocenters. The predicted octanol–water partition coefficient (Wildman–Crippen LogP) is 3.85. The maximum absolute atomic E-state index is 13.6. The average Bonchev–Trinajstić information content (AvgIpc) is 2.37. The minimum absolute atomic E-state index is 0.217. The second-order valence-corrected chi connectivity index (χ2v) is 4.29. The molecular weight excluding hydrogens is 253 g/mol. The first kappa shape index (κ1) is 12.8. The minimum Gasteiger partial charge on any atom is -0.485 e. The Morgan fingerprint density at radius 2 is 2.17 bits per heavy atom. The number of alkyl halides is 1. The summed E-state index contributed by atoms with van der Waals surface area (Å²) in [6, 6.07) is 6.68. The van der Waals surface area contributed by atoms with Crippen LogP contribution in [0.3, 0.4) is 0 Å². The average molecular weight is 266 g/mol. The quantitative estimate of drug-likeness (QED) is 0.784. The Morgan fingerprint density at radius 3 is 2.89 bits per heavy atom. The number of halogens is 2. The molecule has 4 heteroatoms. The number of rotatable bonds is 4. The van der Waals surface area contributed by atoms with Crippen molar-refractivity contribution in [1.82, 2.24) is 4.98 Å². The zero-order valence-corrected chi connectivity index (χ0v) is 10.7. The maximum Gasteiger partial charge on any atom is 0.165 e. The van der Waals surface area contributed by atoms with Gasteiger partial charge in [-0.15, -0.1) is 11.6 Å². The van der Waals surface area contributed by atoms with Gasteiger partial charge in [-0.25, -0.2) is 4.39 Å². The summed E-state index contributed by atoms with van der Waals surface area (Å²) in [5.41, 5.74) is 2.60. The van der Waals surface area contributed by atoms with Gasteiger partial charge in [0, 0.05) is 23.5 Å². The molecule has 0 saturated carbocycles. The van der Waals surface area contributed by atoms with Crippen molar-refractivity contribution >= 4 is 11.6 Å². The fraction of sp³-hybridized carbons (Fsp3) is 0.214. The van der Waals surface area contributed by atoms with Gasteiger partial charge in [0.2, 0.25) is 0 Å². The predicted molar refractivity (Wildman–Crippen MR) is 69.3 cm³/mol. The fourth-order valence-corrected chi connectivity index (χ4v) is 1.88. The highest BCUT2D eigenvalue weighted by Gasteiger charge is 2.09. The summed E-state index contributed by atoms with van der Waals surface area (Å²) in [7, 11) is 0. The molecule has 2 aromatic rings. The third-order valence-electron chi connectivity index (χ3n) is 2.51. The summed E-state index contributed by atoms with van der Waals surface area (Å²) in [6.07, 6.45) is 3.46. The minimum atomic E-state index is -0.395. The van der Waals surface area contributed by atoms with Crippen LogP contribution in [0, 0.1) is 12.7 Å². The maximum atomic E-state index is 13.6. The molecule has 0 aliphatic carbocycles. The van der Waals surface area contributed by atoms with Gasteiger partial charge in [0.25, 0.3) is 0 Å². The molecule has 0 amide bonds. The van der Waals surface area contributed by atoms with Crippen LogP contribution in [0.15, 0.2) is 36.7 Å². The summed E-state index contributed by atoms with van der Waals surface area (Å²) >= 11 is 5.75. The molecule has 0 aliphatic rings. The molecule has 1 aromatic carbocycles. The molecule has 0 N–H and O–H groups in total. The second kappa shape index (κ2) is 5.83. The molecule has 1 aromatic heterocycles. The summed E-state index contributed by atoms with van der Waals surface area (Å²) in [5.74, 6) is 0.0434. The fourth-order valence-electron chi connectivity index (χ4n) is 1.67. The standard InChI is InChI=1S/C14H13ClFNO/c1-10-5-11(8-17-7-10)9-18-14-12(6-15)3-2-4-13(14)16/h2-5,7-8H,6,9H2,1H3. The van der Waals surface area contributed by atoms with E-state index in [-0.39, 0.29) is 18.2 Å². The van der Waals surface area contributed by atoms with Gasteiger partial charge in [0.1, 0.15) is 6.61 Å². The molecular formula is C14H13ClFNO. The van der Waals surface area contributed by atoms with Crippen molar-refractivity contribution in [2.24, 2.45) is 0 Å². The lowest BCUT2D eigenvalue weighted by molar-refractivity contribution is 0.287. The number of pyridine rings is 1. The van der Waals surface area contributed by atoms with E-state index in [0.29, 0.717) is 5.56 Å². The Kier molecular flexibility index (Phi) is 4.15. The first-order valence-electron chi connectivity index (χ1n) is 5.57. The van der Waals surface area contributed by atoms with Crippen LogP contribution >= 0.6 is 11.6 Å². The second-order valence-electron chi connectivity index (χ2n) is 4.02. The number of hydrogen-bond acceptors (Lipinski definition) is 2. The van der Waals surface area contributed by atoms with Crippen LogP contribution in [0.5, 0.6) is 5.75 Å². The Hall–Kier alpha value is -1.61. The van der Waals surface area contributed by atoms with Crippen LogP contribution < -0.4 is 4.74 Å². The summed E-state index contributed by atoms with van der Waals surface area (Å²) < 4.78 is 19.1. The van der Waals surface area contributed by atoms with Crippen LogP contribution in [0.2, 0.25) is 0 Å². The van der Waals surface area contributed by atoms with Crippen molar-refractivity contribution in [2.75, 3.05) is 0 Å². The summed E-state index contributed by atoms with van der Waals surface area (Å²) in [5, 5.41) is 0. The molecule has 1 heterocycles. The van der Waals surface area contributed by atoms with Crippen molar-refractivity contribution in [3.05, 3.63) is 59.2 Å². The van der Waals surface area contributed by atoms with Gasteiger partial charge in [-0.3, -0.25) is 4.98 Å². The summed E-state index contributed by atoms with van der Waals surface area (Å²) in [6.45, 7) is 2.23. The van der Waals surface area contributed by atoms with Crippen molar-refractivity contribution in [1.29, 1.82) is 0 Å². The van der Waals surface area contributed by atoms with Gasteiger partial charge in [-0.1, -0.05) is 12.1 Å². The van der Waals surface area contributed by atoms with Crippen molar-refractivity contribution in [2.45, 2.75) is 19.4 Å². The molecule has 0 fully saturated rings. The molecule has 0 spiro atoms. The molecule has 2 rings (SSSR count). The molecule has 0 saturated heterocycles. The molecule has 0 unspecified atom stereocenters. The molecule has 0 bridgehead atoms. The Labute approximate surface area is 110 Å². The van der Waals surface area contributed by atoms with Crippen molar-refractivity contribution in [3.63, 3.8) is 0 Å². The van der Waals surface area contributed by atoms with E-state index in [1.165, 1.54) is 6.07 Å². The highest BCUT2D eigenvalue weighted by Crippen LogP contribution is 2.25. The number of aromatic nitrogens is 1. The summed E-state index contributed by atoms with van der Waals surface area (Å²) in [4.78, 5) is 4.06. The third-order valence-corrected chi connectivity index (χ3v) is 2.80. The SMILES string of the molecule is Cc1cncc(COc2c(F)cccc2CCl)c1. The van der Waals surface area contributed by atoms with Gasteiger partial charge >= 0.3 is 0 Å². The third kappa shape index (κ3) is 2.99. The van der Waals surface area contributed by atoms with E-state index < -0.39 is 5.82 Å². The Balaban J connectivity index is 2.15. The molecule has 94 valence electrons. The van der Waals surface area contributed by atoms with Crippen molar-refractivity contribution < 1.29 is 9.13 Å². The van der Waals surface area contributed by atoms with Gasteiger partial charge in [0.15, 0.2) is 11.6 Å². The van der Waals surface area contributed by atoms with E-state index >= 15 is 0 Å². The Bertz CT molecular complexity index is 545. The van der Waals surface area contributed by atoms with E-state index in [2.05, 4.69) is 4.98 Å². The zero-order chi connectivity index (χ0) is 13.0. The normalized spacial score (nSPS) is 10.4. The van der Waals surface area contributed by atoms with Crippen LogP contribution in [-0.4, -0.2) is 4.98 Å². The highest BCUT2D eigenvalue weighted by molar-refractivity contribution is 6.17. The lowest BCUT2D eigenvalue weighted by atomic mass is 10.2. The van der Waals surface area contributed by atoms with E-state index in [1.54, 1.807) is 24.5 Å². The topological polar surface area (TPSA) is 22.1 Å². The van der Waals surface area contributed by atoms with E-state index in [9.17, 15) is 4.39 Å².